The van der Waals surface area contributed by atoms with E-state index in [9.17, 15) is 0 Å². The van der Waals surface area contributed by atoms with Crippen molar-refractivity contribution in [2.75, 3.05) is 18.0 Å². The van der Waals surface area contributed by atoms with E-state index in [1.165, 1.54) is 41.6 Å². The summed E-state index contributed by atoms with van der Waals surface area (Å²) < 4.78 is 0. The SMILES string of the molecule is CCc1nc(N2CCC(CC)C2)sc1CNC(C)(C)C. The molecule has 1 saturated heterocycles. The second-order valence-electron chi connectivity index (χ2n) is 6.83. The molecule has 20 heavy (non-hydrogen) atoms. The van der Waals surface area contributed by atoms with Gasteiger partial charge in [-0.05, 0) is 39.5 Å². The number of aryl methyl sites for hydroxylation is 1. The molecule has 4 heteroatoms. The molecule has 1 unspecified atom stereocenters. The molecule has 0 amide bonds. The molecular formula is C16H29N3S. The third-order valence-electron chi connectivity index (χ3n) is 4.01. The van der Waals surface area contributed by atoms with Crippen LogP contribution in [0.25, 0.3) is 0 Å². The molecule has 2 heterocycles. The molecule has 0 bridgehead atoms. The van der Waals surface area contributed by atoms with Gasteiger partial charge in [-0.15, -0.1) is 11.3 Å². The van der Waals surface area contributed by atoms with E-state index in [1.807, 2.05) is 11.3 Å². The maximum absolute atomic E-state index is 4.88. The molecule has 0 radical (unpaired) electrons. The number of hydrogen-bond acceptors (Lipinski definition) is 4. The summed E-state index contributed by atoms with van der Waals surface area (Å²) in [6.45, 7) is 14.5. The number of aromatic nitrogens is 1. The highest BCUT2D eigenvalue weighted by Crippen LogP contribution is 2.31. The first-order valence-corrected chi connectivity index (χ1v) is 8.73. The molecule has 1 N–H and O–H groups in total. The van der Waals surface area contributed by atoms with Crippen molar-refractivity contribution in [2.45, 2.75) is 66.0 Å². The van der Waals surface area contributed by atoms with Crippen molar-refractivity contribution in [3.8, 4) is 0 Å². The lowest BCUT2D eigenvalue weighted by Gasteiger charge is -2.20. The fraction of sp³-hybridized carbons (Fsp3) is 0.812. The average molecular weight is 295 g/mol. The summed E-state index contributed by atoms with van der Waals surface area (Å²) in [4.78, 5) is 8.78. The second-order valence-corrected chi connectivity index (χ2v) is 7.89. The highest BCUT2D eigenvalue weighted by Gasteiger charge is 2.24. The molecule has 1 aromatic heterocycles. The smallest absolute Gasteiger partial charge is 0.185 e. The molecule has 1 aliphatic rings. The molecule has 0 aromatic carbocycles. The lowest BCUT2D eigenvalue weighted by molar-refractivity contribution is 0.425. The van der Waals surface area contributed by atoms with Crippen LogP contribution in [0.3, 0.4) is 0 Å². The van der Waals surface area contributed by atoms with Gasteiger partial charge in [-0.2, -0.15) is 0 Å². The first kappa shape index (κ1) is 15.8. The third kappa shape index (κ3) is 3.95. The lowest BCUT2D eigenvalue weighted by atomic mass is 10.1. The topological polar surface area (TPSA) is 28.2 Å². The van der Waals surface area contributed by atoms with E-state index in [-0.39, 0.29) is 5.54 Å². The summed E-state index contributed by atoms with van der Waals surface area (Å²) in [5.41, 5.74) is 1.44. The summed E-state index contributed by atoms with van der Waals surface area (Å²) in [6.07, 6.45) is 3.65. The molecule has 3 nitrogen and oxygen atoms in total. The summed E-state index contributed by atoms with van der Waals surface area (Å²) in [5.74, 6) is 0.861. The first-order valence-electron chi connectivity index (χ1n) is 7.91. The van der Waals surface area contributed by atoms with Crippen LogP contribution in [0, 0.1) is 5.92 Å². The minimum atomic E-state index is 0.163. The van der Waals surface area contributed by atoms with Crippen LogP contribution in [-0.2, 0) is 13.0 Å². The molecule has 0 spiro atoms. The summed E-state index contributed by atoms with van der Waals surface area (Å²) in [6, 6.07) is 0. The number of rotatable bonds is 5. The standard InChI is InChI=1S/C16H29N3S/c1-6-12-8-9-19(11-12)15-18-13(7-2)14(20-15)10-17-16(3,4)5/h12,17H,6-11H2,1-5H3. The molecule has 0 saturated carbocycles. The predicted molar refractivity (Wildman–Crippen MR) is 88.7 cm³/mol. The molecule has 2 rings (SSSR count). The van der Waals surface area contributed by atoms with Crippen LogP contribution in [0.2, 0.25) is 0 Å². The summed E-state index contributed by atoms with van der Waals surface area (Å²) >= 11 is 1.89. The van der Waals surface area contributed by atoms with Gasteiger partial charge < -0.3 is 10.2 Å². The van der Waals surface area contributed by atoms with E-state index in [2.05, 4.69) is 44.8 Å². The zero-order valence-corrected chi connectivity index (χ0v) is 14.4. The zero-order chi connectivity index (χ0) is 14.8. The van der Waals surface area contributed by atoms with Crippen molar-refractivity contribution >= 4 is 16.5 Å². The van der Waals surface area contributed by atoms with Gasteiger partial charge in [0.1, 0.15) is 0 Å². The Bertz CT molecular complexity index is 433. The van der Waals surface area contributed by atoms with Crippen LogP contribution in [0.4, 0.5) is 5.13 Å². The molecule has 1 atom stereocenters. The van der Waals surface area contributed by atoms with Crippen molar-refractivity contribution < 1.29 is 0 Å². The van der Waals surface area contributed by atoms with Gasteiger partial charge in [-0.25, -0.2) is 4.98 Å². The van der Waals surface area contributed by atoms with E-state index in [1.54, 1.807) is 0 Å². The van der Waals surface area contributed by atoms with Gasteiger partial charge in [0, 0.05) is 30.1 Å². The van der Waals surface area contributed by atoms with Gasteiger partial charge in [-0.1, -0.05) is 20.3 Å². The van der Waals surface area contributed by atoms with Crippen molar-refractivity contribution in [2.24, 2.45) is 5.92 Å². The second kappa shape index (κ2) is 6.44. The number of hydrogen-bond donors (Lipinski definition) is 1. The van der Waals surface area contributed by atoms with Crippen LogP contribution in [0.5, 0.6) is 0 Å². The van der Waals surface area contributed by atoms with E-state index in [0.29, 0.717) is 0 Å². The van der Waals surface area contributed by atoms with E-state index in [0.717, 1.165) is 18.9 Å². The highest BCUT2D eigenvalue weighted by atomic mass is 32.1. The van der Waals surface area contributed by atoms with Crippen LogP contribution < -0.4 is 10.2 Å². The largest absolute Gasteiger partial charge is 0.348 e. The van der Waals surface area contributed by atoms with E-state index in [4.69, 9.17) is 4.98 Å². The highest BCUT2D eigenvalue weighted by molar-refractivity contribution is 7.15. The molecule has 1 aromatic rings. The van der Waals surface area contributed by atoms with Crippen molar-refractivity contribution in [3.05, 3.63) is 10.6 Å². The molecule has 1 fully saturated rings. The molecule has 0 aliphatic carbocycles. The van der Waals surface area contributed by atoms with Crippen LogP contribution in [0.15, 0.2) is 0 Å². The van der Waals surface area contributed by atoms with Crippen LogP contribution in [0.1, 0.15) is 58.0 Å². The third-order valence-corrected chi connectivity index (χ3v) is 5.17. The minimum absolute atomic E-state index is 0.163. The molecule has 1 aliphatic heterocycles. The van der Waals surface area contributed by atoms with Gasteiger partial charge in [0.25, 0.3) is 0 Å². The quantitative estimate of drug-likeness (QED) is 0.895. The Morgan fingerprint density at radius 3 is 2.65 bits per heavy atom. The maximum atomic E-state index is 4.88. The average Bonchev–Trinajstić information content (AvgIpc) is 3.01. The minimum Gasteiger partial charge on any atom is -0.348 e. The molecule has 114 valence electrons. The van der Waals surface area contributed by atoms with E-state index < -0.39 is 0 Å². The Hall–Kier alpha value is -0.610. The van der Waals surface area contributed by atoms with Crippen LogP contribution in [-0.4, -0.2) is 23.6 Å². The molecular weight excluding hydrogens is 266 g/mol. The maximum Gasteiger partial charge on any atom is 0.185 e. The van der Waals surface area contributed by atoms with Gasteiger partial charge >= 0.3 is 0 Å². The lowest BCUT2D eigenvalue weighted by Crippen LogP contribution is -2.35. The zero-order valence-electron chi connectivity index (χ0n) is 13.6. The van der Waals surface area contributed by atoms with Gasteiger partial charge in [0.05, 0.1) is 5.69 Å². The van der Waals surface area contributed by atoms with Crippen LogP contribution >= 0.6 is 11.3 Å². The Balaban J connectivity index is 2.06. The first-order chi connectivity index (χ1) is 9.43. The number of anilines is 1. The fourth-order valence-corrected chi connectivity index (χ4v) is 3.73. The Labute approximate surface area is 127 Å². The summed E-state index contributed by atoms with van der Waals surface area (Å²) in [5, 5.41) is 4.83. The number of thiazole rings is 1. The predicted octanol–water partition coefficient (Wildman–Crippen LogP) is 3.83. The Morgan fingerprint density at radius 1 is 1.35 bits per heavy atom. The Kier molecular flexibility index (Phi) is 5.08. The fourth-order valence-electron chi connectivity index (χ4n) is 2.60. The van der Waals surface area contributed by atoms with Gasteiger partial charge in [-0.3, -0.25) is 0 Å². The number of nitrogens with zero attached hydrogens (tertiary/aromatic N) is 2. The Morgan fingerprint density at radius 2 is 2.10 bits per heavy atom. The van der Waals surface area contributed by atoms with Crippen molar-refractivity contribution in [3.63, 3.8) is 0 Å². The summed E-state index contributed by atoms with van der Waals surface area (Å²) in [7, 11) is 0. The van der Waals surface area contributed by atoms with Crippen molar-refractivity contribution in [1.82, 2.24) is 10.3 Å². The number of nitrogens with one attached hydrogen (secondary N) is 1. The van der Waals surface area contributed by atoms with Gasteiger partial charge in [0.15, 0.2) is 5.13 Å². The van der Waals surface area contributed by atoms with E-state index >= 15 is 0 Å². The van der Waals surface area contributed by atoms with Crippen molar-refractivity contribution in [1.29, 1.82) is 0 Å². The normalized spacial score (nSPS) is 19.9. The monoisotopic (exact) mass is 295 g/mol. The van der Waals surface area contributed by atoms with Gasteiger partial charge in [0.2, 0.25) is 0 Å².